The molecule has 21 heavy (non-hydrogen) atoms. The van der Waals surface area contributed by atoms with Gasteiger partial charge in [0.1, 0.15) is 17.1 Å². The molecular weight excluding hydrogens is 285 g/mol. The Bertz CT molecular complexity index is 574. The summed E-state index contributed by atoms with van der Waals surface area (Å²) in [6.45, 7) is 0. The molecule has 1 aromatic heterocycles. The quantitative estimate of drug-likeness (QED) is 0.898. The number of fused-ring (bicyclic) bond motifs is 2. The average molecular weight is 300 g/mol. The normalized spacial score (nSPS) is 27.9. The minimum absolute atomic E-state index is 0.0258. The van der Waals surface area contributed by atoms with E-state index in [1.165, 1.54) is 0 Å². The van der Waals surface area contributed by atoms with Crippen LogP contribution < -0.4 is 5.32 Å². The number of hydrogen-bond donors (Lipinski definition) is 2. The van der Waals surface area contributed by atoms with Gasteiger partial charge in [-0.05, 0) is 43.2 Å². The molecule has 4 nitrogen and oxygen atoms in total. The number of nitrogens with zero attached hydrogens (tertiary/aromatic N) is 1. The highest BCUT2D eigenvalue weighted by Gasteiger charge is 2.40. The first kappa shape index (κ1) is 14.2. The summed E-state index contributed by atoms with van der Waals surface area (Å²) >= 11 is 0. The molecule has 7 heteroatoms. The number of alkyl halides is 3. The van der Waals surface area contributed by atoms with Crippen LogP contribution in [0.4, 0.5) is 19.0 Å². The largest absolute Gasteiger partial charge is 0.478 e. The van der Waals surface area contributed by atoms with Crippen LogP contribution in [0.1, 0.15) is 41.7 Å². The van der Waals surface area contributed by atoms with E-state index in [9.17, 15) is 18.0 Å². The predicted molar refractivity (Wildman–Crippen MR) is 69.1 cm³/mol. The Labute approximate surface area is 119 Å². The van der Waals surface area contributed by atoms with Crippen molar-refractivity contribution < 1.29 is 23.1 Å². The third kappa shape index (κ3) is 2.69. The van der Waals surface area contributed by atoms with Gasteiger partial charge in [-0.2, -0.15) is 13.2 Å². The second kappa shape index (κ2) is 4.89. The number of aromatic nitrogens is 1. The molecule has 0 radical (unpaired) electrons. The van der Waals surface area contributed by atoms with Gasteiger partial charge in [-0.15, -0.1) is 0 Å². The van der Waals surface area contributed by atoms with E-state index in [1.54, 1.807) is 0 Å². The minimum atomic E-state index is -4.58. The van der Waals surface area contributed by atoms with Crippen LogP contribution in [0.3, 0.4) is 0 Å². The molecule has 2 bridgehead atoms. The Morgan fingerprint density at radius 3 is 2.57 bits per heavy atom. The van der Waals surface area contributed by atoms with Crippen molar-refractivity contribution in [1.29, 1.82) is 0 Å². The second-order valence-electron chi connectivity index (χ2n) is 5.82. The van der Waals surface area contributed by atoms with E-state index in [-0.39, 0.29) is 17.4 Å². The predicted octanol–water partition coefficient (Wildman–Crippen LogP) is 3.40. The van der Waals surface area contributed by atoms with Crippen molar-refractivity contribution in [3.8, 4) is 0 Å². The van der Waals surface area contributed by atoms with Gasteiger partial charge in [0, 0.05) is 6.04 Å². The third-order valence-corrected chi connectivity index (χ3v) is 4.48. The maximum Gasteiger partial charge on any atom is 0.433 e. The molecule has 0 aliphatic heterocycles. The first-order chi connectivity index (χ1) is 9.84. The molecule has 3 atom stereocenters. The second-order valence-corrected chi connectivity index (χ2v) is 5.82. The summed E-state index contributed by atoms with van der Waals surface area (Å²) in [4.78, 5) is 14.7. The van der Waals surface area contributed by atoms with Gasteiger partial charge in [0.05, 0.1) is 0 Å². The Hall–Kier alpha value is -1.79. The molecule has 2 aliphatic rings. The van der Waals surface area contributed by atoms with Crippen molar-refractivity contribution >= 4 is 11.8 Å². The fourth-order valence-electron chi connectivity index (χ4n) is 3.50. The number of rotatable bonds is 3. The molecule has 0 spiro atoms. The maximum absolute atomic E-state index is 12.7. The summed E-state index contributed by atoms with van der Waals surface area (Å²) in [5.74, 6) is -0.434. The fraction of sp³-hybridized carbons (Fsp3) is 0.571. The van der Waals surface area contributed by atoms with Crippen LogP contribution in [0.2, 0.25) is 0 Å². The molecular formula is C14H15F3N2O2. The van der Waals surface area contributed by atoms with E-state index < -0.39 is 17.8 Å². The van der Waals surface area contributed by atoms with E-state index in [4.69, 9.17) is 5.11 Å². The third-order valence-electron chi connectivity index (χ3n) is 4.48. The van der Waals surface area contributed by atoms with Crippen LogP contribution in [0.25, 0.3) is 0 Å². The van der Waals surface area contributed by atoms with Gasteiger partial charge in [-0.3, -0.25) is 0 Å². The van der Waals surface area contributed by atoms with Gasteiger partial charge in [-0.1, -0.05) is 6.42 Å². The van der Waals surface area contributed by atoms with Crippen LogP contribution in [0.15, 0.2) is 12.1 Å². The highest BCUT2D eigenvalue weighted by Crippen LogP contribution is 2.45. The lowest BCUT2D eigenvalue weighted by Gasteiger charge is -2.24. The number of carboxylic acid groups (broad SMARTS) is 1. The lowest BCUT2D eigenvalue weighted by atomic mass is 9.95. The maximum atomic E-state index is 12.7. The summed E-state index contributed by atoms with van der Waals surface area (Å²) in [5.41, 5.74) is -1.29. The average Bonchev–Trinajstić information content (AvgIpc) is 2.99. The number of carboxylic acids is 1. The van der Waals surface area contributed by atoms with Crippen LogP contribution in [-0.4, -0.2) is 22.1 Å². The van der Waals surface area contributed by atoms with Crippen LogP contribution in [0.5, 0.6) is 0 Å². The van der Waals surface area contributed by atoms with Crippen molar-refractivity contribution in [3.05, 3.63) is 23.4 Å². The molecule has 3 unspecified atom stereocenters. The monoisotopic (exact) mass is 300 g/mol. The molecule has 2 N–H and O–H groups in total. The summed E-state index contributed by atoms with van der Waals surface area (Å²) in [5, 5.41) is 12.0. The molecule has 2 fully saturated rings. The zero-order valence-electron chi connectivity index (χ0n) is 11.2. The summed E-state index contributed by atoms with van der Waals surface area (Å²) < 4.78 is 38.2. The van der Waals surface area contributed by atoms with Crippen molar-refractivity contribution in [3.63, 3.8) is 0 Å². The zero-order chi connectivity index (χ0) is 15.2. The molecule has 1 heterocycles. The fourth-order valence-corrected chi connectivity index (χ4v) is 3.50. The molecule has 114 valence electrons. The smallest absolute Gasteiger partial charge is 0.433 e. The summed E-state index contributed by atoms with van der Waals surface area (Å²) in [7, 11) is 0. The van der Waals surface area contributed by atoms with E-state index in [2.05, 4.69) is 10.3 Å². The molecule has 2 saturated carbocycles. The Morgan fingerprint density at radius 2 is 2.05 bits per heavy atom. The first-order valence-corrected chi connectivity index (χ1v) is 6.92. The number of halogens is 3. The van der Waals surface area contributed by atoms with E-state index in [0.29, 0.717) is 17.9 Å². The standard InChI is InChI=1S/C14H15F3N2O2/c15-14(16,17)11-4-3-9(13(20)21)12(19-11)18-10-6-7-1-2-8(10)5-7/h3-4,7-8,10H,1-2,5-6H2,(H,18,19)(H,20,21). The molecule has 1 aromatic rings. The van der Waals surface area contributed by atoms with Gasteiger partial charge in [0.25, 0.3) is 0 Å². The van der Waals surface area contributed by atoms with E-state index in [0.717, 1.165) is 31.7 Å². The van der Waals surface area contributed by atoms with Gasteiger partial charge >= 0.3 is 12.1 Å². The van der Waals surface area contributed by atoms with Crippen molar-refractivity contribution in [1.82, 2.24) is 4.98 Å². The van der Waals surface area contributed by atoms with Crippen molar-refractivity contribution in [2.24, 2.45) is 11.8 Å². The highest BCUT2D eigenvalue weighted by molar-refractivity contribution is 5.93. The molecule has 0 saturated heterocycles. The topological polar surface area (TPSA) is 62.2 Å². The Kier molecular flexibility index (Phi) is 3.30. The minimum Gasteiger partial charge on any atom is -0.478 e. The lowest BCUT2D eigenvalue weighted by Crippen LogP contribution is -2.28. The summed E-state index contributed by atoms with van der Waals surface area (Å²) in [6, 6.07) is 1.70. The number of hydrogen-bond acceptors (Lipinski definition) is 3. The SMILES string of the molecule is O=C(O)c1ccc(C(F)(F)F)nc1NC1CC2CCC1C2. The van der Waals surface area contributed by atoms with E-state index in [1.807, 2.05) is 0 Å². The zero-order valence-corrected chi connectivity index (χ0v) is 11.2. The highest BCUT2D eigenvalue weighted by atomic mass is 19.4. The Morgan fingerprint density at radius 1 is 1.29 bits per heavy atom. The molecule has 2 aliphatic carbocycles. The van der Waals surface area contributed by atoms with Gasteiger partial charge in [-0.25, -0.2) is 9.78 Å². The summed E-state index contributed by atoms with van der Waals surface area (Å²) in [6.07, 6.45) is -0.433. The van der Waals surface area contributed by atoms with Crippen LogP contribution >= 0.6 is 0 Å². The van der Waals surface area contributed by atoms with Gasteiger partial charge < -0.3 is 10.4 Å². The lowest BCUT2D eigenvalue weighted by molar-refractivity contribution is -0.141. The number of nitrogens with one attached hydrogen (secondary N) is 1. The Balaban J connectivity index is 1.89. The van der Waals surface area contributed by atoms with Gasteiger partial charge in [0.2, 0.25) is 0 Å². The van der Waals surface area contributed by atoms with Crippen molar-refractivity contribution in [2.75, 3.05) is 5.32 Å². The molecule has 0 aromatic carbocycles. The van der Waals surface area contributed by atoms with Crippen LogP contribution in [0, 0.1) is 11.8 Å². The van der Waals surface area contributed by atoms with Crippen molar-refractivity contribution in [2.45, 2.75) is 37.9 Å². The van der Waals surface area contributed by atoms with Gasteiger partial charge in [0.15, 0.2) is 0 Å². The van der Waals surface area contributed by atoms with E-state index >= 15 is 0 Å². The number of pyridine rings is 1. The number of anilines is 1. The van der Waals surface area contributed by atoms with Crippen LogP contribution in [-0.2, 0) is 6.18 Å². The first-order valence-electron chi connectivity index (χ1n) is 6.92. The molecule has 0 amide bonds. The molecule has 3 rings (SSSR count). The number of carbonyl (C=O) groups is 1. The number of aromatic carboxylic acids is 1.